The van der Waals surface area contributed by atoms with Crippen molar-refractivity contribution in [2.24, 2.45) is 0 Å². The fourth-order valence-corrected chi connectivity index (χ4v) is 7.92. The molecule has 273 valence electrons. The fraction of sp³-hybridized carbons (Fsp3) is 0. The molecule has 3 nitrogen and oxygen atoms in total. The van der Waals surface area contributed by atoms with Crippen LogP contribution in [0.4, 0.5) is 0 Å². The maximum absolute atomic E-state index is 4.32. The SMILES string of the molecule is [Ir].[c-]1cc(-c2ccccc2)ccc1-c1ccccn1.c1ccc2c(c1)c1ccccc1n2-c1ccc(-c2ccc(-n3c4ccccc4c4ccccc43)cc2)cc1. The predicted molar refractivity (Wildman–Crippen MR) is 235 cm³/mol. The number of hydrogen-bond donors (Lipinski definition) is 0. The van der Waals surface area contributed by atoms with Crippen molar-refractivity contribution >= 4 is 43.6 Å². The maximum atomic E-state index is 4.32. The van der Waals surface area contributed by atoms with Crippen LogP contribution >= 0.6 is 0 Å². The molecule has 0 atom stereocenters. The molecule has 3 heterocycles. The van der Waals surface area contributed by atoms with Crippen molar-refractivity contribution in [1.29, 1.82) is 0 Å². The van der Waals surface area contributed by atoms with Crippen LogP contribution in [0.2, 0.25) is 0 Å². The van der Waals surface area contributed by atoms with Crippen molar-refractivity contribution in [3.8, 4) is 44.9 Å². The molecule has 0 aliphatic rings. The average molecular weight is 907 g/mol. The summed E-state index contributed by atoms with van der Waals surface area (Å²) in [6.45, 7) is 0. The van der Waals surface area contributed by atoms with Crippen molar-refractivity contribution in [2.75, 3.05) is 0 Å². The summed E-state index contributed by atoms with van der Waals surface area (Å²) in [6.07, 6.45) is 1.80. The van der Waals surface area contributed by atoms with E-state index in [1.54, 1.807) is 6.20 Å². The summed E-state index contributed by atoms with van der Waals surface area (Å²) in [5.41, 5.74) is 14.1. The van der Waals surface area contributed by atoms with Crippen LogP contribution in [0.5, 0.6) is 0 Å². The number of para-hydroxylation sites is 4. The molecule has 8 aromatic carbocycles. The molecule has 1 radical (unpaired) electrons. The van der Waals surface area contributed by atoms with Gasteiger partial charge < -0.3 is 14.1 Å². The van der Waals surface area contributed by atoms with Gasteiger partial charge in [-0.25, -0.2) is 0 Å². The van der Waals surface area contributed by atoms with Crippen LogP contribution in [0.3, 0.4) is 0 Å². The molecule has 0 amide bonds. The van der Waals surface area contributed by atoms with Crippen LogP contribution in [-0.2, 0) is 20.1 Å². The molecule has 0 bridgehead atoms. The summed E-state index contributed by atoms with van der Waals surface area (Å²) in [5.74, 6) is 0. The molecule has 3 aromatic heterocycles. The van der Waals surface area contributed by atoms with Crippen LogP contribution in [0.15, 0.2) is 219 Å². The van der Waals surface area contributed by atoms with E-state index in [0.29, 0.717) is 0 Å². The largest absolute Gasteiger partial charge is 0.309 e. The van der Waals surface area contributed by atoms with Gasteiger partial charge in [0.2, 0.25) is 0 Å². The van der Waals surface area contributed by atoms with E-state index < -0.39 is 0 Å². The summed E-state index contributed by atoms with van der Waals surface area (Å²) >= 11 is 0. The van der Waals surface area contributed by atoms with Gasteiger partial charge in [0.05, 0.1) is 22.1 Å². The third-order valence-electron chi connectivity index (χ3n) is 10.6. The van der Waals surface area contributed by atoms with Crippen LogP contribution < -0.4 is 0 Å². The molecule has 0 saturated heterocycles. The number of nitrogens with zero attached hydrogens (tertiary/aromatic N) is 3. The molecule has 0 saturated carbocycles. The summed E-state index contributed by atoms with van der Waals surface area (Å²) < 4.78 is 4.72. The number of rotatable bonds is 5. The Balaban J connectivity index is 0.000000187. The first kappa shape index (κ1) is 35.8. The van der Waals surface area contributed by atoms with Crippen LogP contribution in [0.1, 0.15) is 0 Å². The van der Waals surface area contributed by atoms with E-state index in [0.717, 1.165) is 11.3 Å². The first-order chi connectivity index (χ1) is 27.8. The Morgan fingerprint density at radius 1 is 0.333 bits per heavy atom. The molecule has 0 fully saturated rings. The van der Waals surface area contributed by atoms with E-state index in [-0.39, 0.29) is 20.1 Å². The Morgan fingerprint density at radius 2 is 0.719 bits per heavy atom. The number of pyridine rings is 1. The average Bonchev–Trinajstić information content (AvgIpc) is 3.81. The zero-order valence-electron chi connectivity index (χ0n) is 31.0. The van der Waals surface area contributed by atoms with Gasteiger partial charge >= 0.3 is 0 Å². The van der Waals surface area contributed by atoms with Gasteiger partial charge in [-0.3, -0.25) is 0 Å². The van der Waals surface area contributed by atoms with E-state index in [1.165, 1.54) is 77.2 Å². The number of aromatic nitrogens is 3. The van der Waals surface area contributed by atoms with E-state index in [2.05, 4.69) is 190 Å². The first-order valence-electron chi connectivity index (χ1n) is 19.0. The second-order valence-electron chi connectivity index (χ2n) is 13.9. The van der Waals surface area contributed by atoms with Crippen LogP contribution in [-0.4, -0.2) is 14.1 Å². The molecule has 57 heavy (non-hydrogen) atoms. The van der Waals surface area contributed by atoms with Crippen molar-refractivity contribution in [3.05, 3.63) is 225 Å². The topological polar surface area (TPSA) is 22.8 Å². The molecule has 0 aliphatic heterocycles. The minimum absolute atomic E-state index is 0. The van der Waals surface area contributed by atoms with Crippen molar-refractivity contribution in [3.63, 3.8) is 0 Å². The Bertz CT molecular complexity index is 2770. The normalized spacial score (nSPS) is 11.0. The van der Waals surface area contributed by atoms with Gasteiger partial charge in [0.25, 0.3) is 0 Å². The molecular weight excluding hydrogens is 871 g/mol. The maximum Gasteiger partial charge on any atom is 0.0541 e. The second-order valence-corrected chi connectivity index (χ2v) is 13.9. The number of benzene rings is 8. The van der Waals surface area contributed by atoms with Gasteiger partial charge in [0.15, 0.2) is 0 Å². The van der Waals surface area contributed by atoms with E-state index in [4.69, 9.17) is 0 Å². The summed E-state index contributed by atoms with van der Waals surface area (Å²) in [4.78, 5) is 4.32. The number of fused-ring (bicyclic) bond motifs is 6. The minimum atomic E-state index is 0. The Kier molecular flexibility index (Phi) is 9.88. The van der Waals surface area contributed by atoms with Crippen molar-refractivity contribution in [2.45, 2.75) is 0 Å². The van der Waals surface area contributed by atoms with Crippen molar-refractivity contribution < 1.29 is 20.1 Å². The molecule has 0 unspecified atom stereocenters. The molecule has 0 aliphatic carbocycles. The third-order valence-corrected chi connectivity index (χ3v) is 10.6. The summed E-state index contributed by atoms with van der Waals surface area (Å²) in [5, 5.41) is 5.14. The zero-order valence-corrected chi connectivity index (χ0v) is 33.4. The van der Waals surface area contributed by atoms with Gasteiger partial charge in [0, 0.05) is 59.2 Å². The Hall–Kier alpha value is -6.84. The van der Waals surface area contributed by atoms with Gasteiger partial charge in [-0.2, -0.15) is 0 Å². The van der Waals surface area contributed by atoms with E-state index in [9.17, 15) is 0 Å². The van der Waals surface area contributed by atoms with Crippen LogP contribution in [0, 0.1) is 6.07 Å². The molecule has 0 spiro atoms. The molecule has 0 N–H and O–H groups in total. The molecule has 4 heteroatoms. The van der Waals surface area contributed by atoms with Gasteiger partial charge in [-0.1, -0.05) is 151 Å². The van der Waals surface area contributed by atoms with Crippen LogP contribution in [0.25, 0.3) is 88.5 Å². The van der Waals surface area contributed by atoms with E-state index in [1.807, 2.05) is 42.5 Å². The monoisotopic (exact) mass is 907 g/mol. The standard InChI is InChI=1S/C36H24N2.C17H12N.Ir/c1-5-13-33-29(9-1)30-10-2-6-14-34(30)37(33)27-21-17-25(18-22-27)26-19-23-28(24-20-26)38-35-15-7-3-11-31(35)32-12-4-8-16-36(32)38;1-2-6-14(7-3-1)15-9-11-16(12-10-15)17-8-4-5-13-18-17;/h1-24H;1-11,13H;/q;-1;. The quantitative estimate of drug-likeness (QED) is 0.158. The van der Waals surface area contributed by atoms with E-state index >= 15 is 0 Å². The minimum Gasteiger partial charge on any atom is -0.309 e. The first-order valence-corrected chi connectivity index (χ1v) is 19.0. The Labute approximate surface area is 345 Å². The molecule has 11 rings (SSSR count). The predicted octanol–water partition coefficient (Wildman–Crippen LogP) is 13.8. The zero-order chi connectivity index (χ0) is 37.3. The smallest absolute Gasteiger partial charge is 0.0541 e. The summed E-state index contributed by atoms with van der Waals surface area (Å²) in [7, 11) is 0. The third kappa shape index (κ3) is 6.76. The van der Waals surface area contributed by atoms with Gasteiger partial charge in [-0.15, -0.1) is 29.8 Å². The number of hydrogen-bond acceptors (Lipinski definition) is 1. The van der Waals surface area contributed by atoms with Gasteiger partial charge in [-0.05, 0) is 71.4 Å². The van der Waals surface area contributed by atoms with Gasteiger partial charge in [0.1, 0.15) is 0 Å². The van der Waals surface area contributed by atoms with Crippen molar-refractivity contribution in [1.82, 2.24) is 14.1 Å². The summed E-state index contributed by atoms with van der Waals surface area (Å²) in [6, 6.07) is 78.1. The fourth-order valence-electron chi connectivity index (χ4n) is 7.92. The second kappa shape index (κ2) is 15.7. The Morgan fingerprint density at radius 3 is 1.12 bits per heavy atom. The molecule has 11 aromatic rings. The molecular formula is C53H36IrN3-.